The van der Waals surface area contributed by atoms with E-state index in [-0.39, 0.29) is 0 Å². The Morgan fingerprint density at radius 2 is 1.90 bits per heavy atom. The molecule has 0 heterocycles. The first-order chi connectivity index (χ1) is 9.85. The molecule has 0 bridgehead atoms. The zero-order chi connectivity index (χ0) is 14.2. The molecule has 1 aliphatic rings. The van der Waals surface area contributed by atoms with Crippen LogP contribution in [0.15, 0.2) is 24.3 Å². The molecule has 20 heavy (non-hydrogen) atoms. The number of hydrogen-bond acceptors (Lipinski definition) is 2. The van der Waals surface area contributed by atoms with Crippen LogP contribution in [0.2, 0.25) is 0 Å². The van der Waals surface area contributed by atoms with Crippen molar-refractivity contribution in [2.24, 2.45) is 0 Å². The molecule has 1 N–H and O–H groups in total. The summed E-state index contributed by atoms with van der Waals surface area (Å²) in [5.74, 6) is 3.31. The molecule has 1 aliphatic carbocycles. The second kappa shape index (κ2) is 8.74. The van der Waals surface area contributed by atoms with E-state index in [2.05, 4.69) is 55.2 Å². The minimum Gasteiger partial charge on any atom is -0.309 e. The first kappa shape index (κ1) is 15.9. The molecule has 1 atom stereocenters. The molecular formula is C18H29NS. The highest BCUT2D eigenvalue weighted by atomic mass is 32.2. The SMILES string of the molecule is CCCNC(CSCCC)c1ccc(C2CCC2)cc1. The van der Waals surface area contributed by atoms with Crippen LogP contribution in [0.1, 0.15) is 69.0 Å². The number of nitrogens with one attached hydrogen (secondary N) is 1. The van der Waals surface area contributed by atoms with Crippen LogP contribution < -0.4 is 5.32 Å². The van der Waals surface area contributed by atoms with Crippen LogP contribution in [0.5, 0.6) is 0 Å². The van der Waals surface area contributed by atoms with Gasteiger partial charge in [-0.2, -0.15) is 11.8 Å². The topological polar surface area (TPSA) is 12.0 Å². The van der Waals surface area contributed by atoms with Crippen molar-refractivity contribution in [3.8, 4) is 0 Å². The van der Waals surface area contributed by atoms with Gasteiger partial charge in [-0.15, -0.1) is 0 Å². The molecule has 0 amide bonds. The third kappa shape index (κ3) is 4.53. The fourth-order valence-electron chi connectivity index (χ4n) is 2.68. The Balaban J connectivity index is 1.94. The highest BCUT2D eigenvalue weighted by Crippen LogP contribution is 2.36. The second-order valence-corrected chi connectivity index (χ2v) is 7.03. The van der Waals surface area contributed by atoms with E-state index in [9.17, 15) is 0 Å². The predicted octanol–water partition coefficient (Wildman–Crippen LogP) is 5.14. The normalized spacial score (nSPS) is 16.9. The van der Waals surface area contributed by atoms with Gasteiger partial charge in [-0.1, -0.05) is 44.5 Å². The summed E-state index contributed by atoms with van der Waals surface area (Å²) < 4.78 is 0. The summed E-state index contributed by atoms with van der Waals surface area (Å²) in [5, 5.41) is 3.70. The van der Waals surface area contributed by atoms with Crippen molar-refractivity contribution in [1.29, 1.82) is 0 Å². The van der Waals surface area contributed by atoms with Crippen molar-refractivity contribution in [2.45, 2.75) is 57.9 Å². The third-order valence-corrected chi connectivity index (χ3v) is 5.46. The average Bonchev–Trinajstić information content (AvgIpc) is 2.42. The lowest BCUT2D eigenvalue weighted by atomic mass is 9.80. The van der Waals surface area contributed by atoms with Gasteiger partial charge < -0.3 is 5.32 Å². The van der Waals surface area contributed by atoms with E-state index >= 15 is 0 Å². The Kier molecular flexibility index (Phi) is 6.95. The maximum atomic E-state index is 3.70. The van der Waals surface area contributed by atoms with Gasteiger partial charge in [0.1, 0.15) is 0 Å². The van der Waals surface area contributed by atoms with Gasteiger partial charge in [0.25, 0.3) is 0 Å². The van der Waals surface area contributed by atoms with Crippen molar-refractivity contribution < 1.29 is 0 Å². The highest BCUT2D eigenvalue weighted by molar-refractivity contribution is 7.99. The monoisotopic (exact) mass is 291 g/mol. The maximum absolute atomic E-state index is 3.70. The predicted molar refractivity (Wildman–Crippen MR) is 91.7 cm³/mol. The van der Waals surface area contributed by atoms with Crippen LogP contribution in [0.3, 0.4) is 0 Å². The van der Waals surface area contributed by atoms with Gasteiger partial charge in [-0.05, 0) is 55.0 Å². The van der Waals surface area contributed by atoms with Crippen LogP contribution in [0, 0.1) is 0 Å². The minimum absolute atomic E-state index is 0.516. The van der Waals surface area contributed by atoms with Crippen molar-refractivity contribution >= 4 is 11.8 Å². The van der Waals surface area contributed by atoms with Crippen LogP contribution in [0.25, 0.3) is 0 Å². The quantitative estimate of drug-likeness (QED) is 0.632. The summed E-state index contributed by atoms with van der Waals surface area (Å²) in [4.78, 5) is 0. The zero-order valence-electron chi connectivity index (χ0n) is 13.0. The van der Waals surface area contributed by atoms with E-state index in [0.29, 0.717) is 6.04 Å². The lowest BCUT2D eigenvalue weighted by molar-refractivity contribution is 0.419. The Hall–Kier alpha value is -0.470. The van der Waals surface area contributed by atoms with Crippen LogP contribution in [-0.4, -0.2) is 18.1 Å². The summed E-state index contributed by atoms with van der Waals surface area (Å²) >= 11 is 2.07. The molecule has 1 nitrogen and oxygen atoms in total. The van der Waals surface area contributed by atoms with Gasteiger partial charge in [0.05, 0.1) is 0 Å². The van der Waals surface area contributed by atoms with E-state index in [1.807, 2.05) is 0 Å². The summed E-state index contributed by atoms with van der Waals surface area (Å²) in [5.41, 5.74) is 3.01. The lowest BCUT2D eigenvalue weighted by Crippen LogP contribution is -2.24. The molecule has 2 rings (SSSR count). The van der Waals surface area contributed by atoms with Gasteiger partial charge in [-0.3, -0.25) is 0 Å². The molecule has 0 aromatic heterocycles. The third-order valence-electron chi connectivity index (χ3n) is 4.19. The van der Waals surface area contributed by atoms with Gasteiger partial charge in [0.15, 0.2) is 0 Å². The molecule has 1 aromatic carbocycles. The van der Waals surface area contributed by atoms with E-state index in [1.54, 1.807) is 5.56 Å². The van der Waals surface area contributed by atoms with Gasteiger partial charge in [-0.25, -0.2) is 0 Å². The summed E-state index contributed by atoms with van der Waals surface area (Å²) in [7, 11) is 0. The number of hydrogen-bond donors (Lipinski definition) is 1. The average molecular weight is 292 g/mol. The Bertz CT molecular complexity index is 370. The van der Waals surface area contributed by atoms with E-state index in [0.717, 1.165) is 12.5 Å². The smallest absolute Gasteiger partial charge is 0.0411 e. The largest absolute Gasteiger partial charge is 0.309 e. The van der Waals surface area contributed by atoms with Crippen LogP contribution >= 0.6 is 11.8 Å². The van der Waals surface area contributed by atoms with Crippen molar-refractivity contribution in [1.82, 2.24) is 5.32 Å². The van der Waals surface area contributed by atoms with Gasteiger partial charge >= 0.3 is 0 Å². The molecule has 0 radical (unpaired) electrons. The first-order valence-electron chi connectivity index (χ1n) is 8.26. The van der Waals surface area contributed by atoms with E-state index in [4.69, 9.17) is 0 Å². The standard InChI is InChI=1S/C18H29NS/c1-3-12-19-18(14-20-13-4-2)17-10-8-16(9-11-17)15-6-5-7-15/h8-11,15,18-19H,3-7,12-14H2,1-2H3. The minimum atomic E-state index is 0.516. The molecule has 0 aliphatic heterocycles. The number of thioether (sulfide) groups is 1. The number of rotatable bonds is 9. The fourth-order valence-corrected chi connectivity index (χ4v) is 3.68. The fraction of sp³-hybridized carbons (Fsp3) is 0.667. The molecule has 1 aromatic rings. The Morgan fingerprint density at radius 3 is 2.45 bits per heavy atom. The molecular weight excluding hydrogens is 262 g/mol. The summed E-state index contributed by atoms with van der Waals surface area (Å²) in [6.07, 6.45) is 6.67. The molecule has 112 valence electrons. The van der Waals surface area contributed by atoms with Crippen LogP contribution in [-0.2, 0) is 0 Å². The summed E-state index contributed by atoms with van der Waals surface area (Å²) in [6, 6.07) is 9.96. The molecule has 2 heteroatoms. The van der Waals surface area contributed by atoms with Gasteiger partial charge in [0.2, 0.25) is 0 Å². The van der Waals surface area contributed by atoms with Crippen molar-refractivity contribution in [3.63, 3.8) is 0 Å². The Labute approximate surface area is 128 Å². The van der Waals surface area contributed by atoms with Gasteiger partial charge in [0, 0.05) is 11.8 Å². The van der Waals surface area contributed by atoms with Crippen molar-refractivity contribution in [2.75, 3.05) is 18.1 Å². The zero-order valence-corrected chi connectivity index (χ0v) is 13.8. The second-order valence-electron chi connectivity index (χ2n) is 5.88. The van der Waals surface area contributed by atoms with E-state index in [1.165, 1.54) is 49.2 Å². The van der Waals surface area contributed by atoms with Crippen molar-refractivity contribution in [3.05, 3.63) is 35.4 Å². The van der Waals surface area contributed by atoms with E-state index < -0.39 is 0 Å². The molecule has 1 unspecified atom stereocenters. The maximum Gasteiger partial charge on any atom is 0.0411 e. The Morgan fingerprint density at radius 1 is 1.15 bits per heavy atom. The first-order valence-corrected chi connectivity index (χ1v) is 9.41. The van der Waals surface area contributed by atoms with Crippen LogP contribution in [0.4, 0.5) is 0 Å². The number of benzene rings is 1. The highest BCUT2D eigenvalue weighted by Gasteiger charge is 2.19. The lowest BCUT2D eigenvalue weighted by Gasteiger charge is -2.26. The molecule has 1 saturated carbocycles. The molecule has 1 fully saturated rings. The summed E-state index contributed by atoms with van der Waals surface area (Å²) in [6.45, 7) is 5.61. The molecule has 0 spiro atoms. The molecule has 0 saturated heterocycles.